The lowest BCUT2D eigenvalue weighted by Crippen LogP contribution is -2.59. The van der Waals surface area contributed by atoms with Crippen LogP contribution in [0.15, 0.2) is 18.2 Å². The first-order valence-electron chi connectivity index (χ1n) is 7.21. The second-order valence-electron chi connectivity index (χ2n) is 5.96. The highest BCUT2D eigenvalue weighted by Gasteiger charge is 2.30. The molecule has 0 saturated carbocycles. The van der Waals surface area contributed by atoms with Gasteiger partial charge in [0.05, 0.1) is 6.04 Å². The fourth-order valence-electron chi connectivity index (χ4n) is 3.17. The molecular formula is C16H27N3. The summed E-state index contributed by atoms with van der Waals surface area (Å²) in [6.07, 6.45) is 0. The van der Waals surface area contributed by atoms with Gasteiger partial charge in [0.25, 0.3) is 0 Å². The van der Waals surface area contributed by atoms with E-state index in [2.05, 4.69) is 61.1 Å². The second-order valence-corrected chi connectivity index (χ2v) is 5.96. The summed E-state index contributed by atoms with van der Waals surface area (Å²) in [5, 5.41) is 3.34. The van der Waals surface area contributed by atoms with Crippen molar-refractivity contribution < 1.29 is 0 Å². The van der Waals surface area contributed by atoms with Gasteiger partial charge in [-0.15, -0.1) is 0 Å². The topological polar surface area (TPSA) is 18.5 Å². The van der Waals surface area contributed by atoms with E-state index in [9.17, 15) is 0 Å². The van der Waals surface area contributed by atoms with Crippen LogP contribution in [0.3, 0.4) is 0 Å². The van der Waals surface area contributed by atoms with Gasteiger partial charge in [-0.2, -0.15) is 0 Å². The Morgan fingerprint density at radius 3 is 2.58 bits per heavy atom. The molecule has 106 valence electrons. The molecule has 1 aromatic rings. The molecule has 2 rings (SSSR count). The van der Waals surface area contributed by atoms with Crippen LogP contribution < -0.4 is 10.2 Å². The summed E-state index contributed by atoms with van der Waals surface area (Å²) < 4.78 is 0. The van der Waals surface area contributed by atoms with Crippen molar-refractivity contribution in [2.75, 3.05) is 38.6 Å². The Morgan fingerprint density at radius 2 is 1.95 bits per heavy atom. The van der Waals surface area contributed by atoms with Crippen molar-refractivity contribution in [3.8, 4) is 0 Å². The molecule has 1 aromatic carbocycles. The van der Waals surface area contributed by atoms with Crippen molar-refractivity contribution in [3.05, 3.63) is 29.3 Å². The van der Waals surface area contributed by atoms with Crippen LogP contribution >= 0.6 is 0 Å². The molecule has 1 heterocycles. The monoisotopic (exact) mass is 261 g/mol. The molecule has 3 heteroatoms. The predicted molar refractivity (Wildman–Crippen MR) is 83.1 cm³/mol. The minimum atomic E-state index is 0.542. The maximum Gasteiger partial charge on any atom is 0.0544 e. The number of rotatable bonds is 3. The predicted octanol–water partition coefficient (Wildman–Crippen LogP) is 2.03. The Bertz CT molecular complexity index is 430. The van der Waals surface area contributed by atoms with Crippen molar-refractivity contribution in [3.63, 3.8) is 0 Å². The Kier molecular flexibility index (Phi) is 4.48. The van der Waals surface area contributed by atoms with Gasteiger partial charge in [0.1, 0.15) is 0 Å². The molecule has 3 nitrogen and oxygen atoms in total. The summed E-state index contributed by atoms with van der Waals surface area (Å²) in [6, 6.07) is 7.94. The first-order chi connectivity index (χ1) is 9.02. The van der Waals surface area contributed by atoms with Crippen molar-refractivity contribution >= 4 is 5.69 Å². The summed E-state index contributed by atoms with van der Waals surface area (Å²) in [5.74, 6) is 0. The number of benzene rings is 1. The number of hydrogen-bond acceptors (Lipinski definition) is 3. The summed E-state index contributed by atoms with van der Waals surface area (Å²) in [5.41, 5.74) is 4.12. The molecule has 1 aliphatic heterocycles. The van der Waals surface area contributed by atoms with Gasteiger partial charge in [0.2, 0.25) is 0 Å². The van der Waals surface area contributed by atoms with E-state index in [1.54, 1.807) is 0 Å². The SMILES string of the molecule is CNCC1CN(C)CC(C)N1c1ccc(C)c(C)c1. The standard InChI is InChI=1S/C16H27N3/c1-12-6-7-15(8-13(12)2)19-14(3)10-18(5)11-16(19)9-17-4/h6-8,14,16-17H,9-11H2,1-5H3. The van der Waals surface area contributed by atoms with E-state index in [1.807, 2.05) is 7.05 Å². The van der Waals surface area contributed by atoms with Crippen LogP contribution in [0.25, 0.3) is 0 Å². The average molecular weight is 261 g/mol. The maximum atomic E-state index is 3.34. The van der Waals surface area contributed by atoms with Crippen LogP contribution in [0.4, 0.5) is 5.69 Å². The third-order valence-electron chi connectivity index (χ3n) is 4.19. The molecule has 0 spiro atoms. The molecule has 1 N–H and O–H groups in total. The average Bonchev–Trinajstić information content (AvgIpc) is 2.33. The maximum absolute atomic E-state index is 3.34. The van der Waals surface area contributed by atoms with Gasteiger partial charge in [0, 0.05) is 31.4 Å². The highest BCUT2D eigenvalue weighted by Crippen LogP contribution is 2.26. The minimum absolute atomic E-state index is 0.542. The quantitative estimate of drug-likeness (QED) is 0.898. The van der Waals surface area contributed by atoms with Crippen molar-refractivity contribution in [2.45, 2.75) is 32.9 Å². The molecule has 0 amide bonds. The molecule has 1 fully saturated rings. The van der Waals surface area contributed by atoms with Crippen molar-refractivity contribution in [1.82, 2.24) is 10.2 Å². The minimum Gasteiger partial charge on any atom is -0.362 e. The second kappa shape index (κ2) is 5.93. The number of nitrogens with one attached hydrogen (secondary N) is 1. The van der Waals surface area contributed by atoms with Gasteiger partial charge in [-0.3, -0.25) is 0 Å². The van der Waals surface area contributed by atoms with Crippen LogP contribution in [-0.2, 0) is 0 Å². The highest BCUT2D eigenvalue weighted by molar-refractivity contribution is 5.53. The van der Waals surface area contributed by atoms with Crippen LogP contribution in [0.1, 0.15) is 18.1 Å². The lowest BCUT2D eigenvalue weighted by molar-refractivity contribution is 0.230. The Balaban J connectivity index is 2.29. The molecule has 2 atom stereocenters. The van der Waals surface area contributed by atoms with Crippen LogP contribution in [0.2, 0.25) is 0 Å². The highest BCUT2D eigenvalue weighted by atomic mass is 15.3. The van der Waals surface area contributed by atoms with E-state index in [0.29, 0.717) is 12.1 Å². The molecule has 2 unspecified atom stereocenters. The smallest absolute Gasteiger partial charge is 0.0544 e. The van der Waals surface area contributed by atoms with Crippen LogP contribution in [0, 0.1) is 13.8 Å². The molecule has 1 aliphatic rings. The normalized spacial score (nSPS) is 24.8. The molecule has 0 aliphatic carbocycles. The third-order valence-corrected chi connectivity index (χ3v) is 4.19. The molecule has 0 bridgehead atoms. The van der Waals surface area contributed by atoms with Gasteiger partial charge in [-0.05, 0) is 58.1 Å². The molecule has 19 heavy (non-hydrogen) atoms. The number of hydrogen-bond donors (Lipinski definition) is 1. The van der Waals surface area contributed by atoms with Gasteiger partial charge in [-0.1, -0.05) is 6.07 Å². The van der Waals surface area contributed by atoms with E-state index < -0.39 is 0 Å². The zero-order valence-corrected chi connectivity index (χ0v) is 12.9. The first-order valence-corrected chi connectivity index (χ1v) is 7.21. The lowest BCUT2D eigenvalue weighted by Gasteiger charge is -2.46. The fraction of sp³-hybridized carbons (Fsp3) is 0.625. The summed E-state index contributed by atoms with van der Waals surface area (Å²) in [7, 11) is 4.26. The van der Waals surface area contributed by atoms with E-state index in [-0.39, 0.29) is 0 Å². The summed E-state index contributed by atoms with van der Waals surface area (Å²) >= 11 is 0. The first kappa shape index (κ1) is 14.4. The Hall–Kier alpha value is -1.06. The Labute approximate surface area is 117 Å². The number of aryl methyl sites for hydroxylation is 2. The summed E-state index contributed by atoms with van der Waals surface area (Å²) in [6.45, 7) is 9.99. The van der Waals surface area contributed by atoms with E-state index in [1.165, 1.54) is 16.8 Å². The van der Waals surface area contributed by atoms with Crippen molar-refractivity contribution in [2.24, 2.45) is 0 Å². The van der Waals surface area contributed by atoms with E-state index in [0.717, 1.165) is 19.6 Å². The van der Waals surface area contributed by atoms with Crippen molar-refractivity contribution in [1.29, 1.82) is 0 Å². The molecule has 0 radical (unpaired) electrons. The van der Waals surface area contributed by atoms with Gasteiger partial charge >= 0.3 is 0 Å². The number of piperazine rings is 1. The molecular weight excluding hydrogens is 234 g/mol. The molecule has 0 aromatic heterocycles. The number of nitrogens with zero attached hydrogens (tertiary/aromatic N) is 2. The largest absolute Gasteiger partial charge is 0.362 e. The Morgan fingerprint density at radius 1 is 1.21 bits per heavy atom. The summed E-state index contributed by atoms with van der Waals surface area (Å²) in [4.78, 5) is 5.02. The van der Waals surface area contributed by atoms with Gasteiger partial charge in [0.15, 0.2) is 0 Å². The van der Waals surface area contributed by atoms with Crippen LogP contribution in [0.5, 0.6) is 0 Å². The van der Waals surface area contributed by atoms with Gasteiger partial charge in [-0.25, -0.2) is 0 Å². The van der Waals surface area contributed by atoms with E-state index in [4.69, 9.17) is 0 Å². The molecule has 1 saturated heterocycles. The zero-order chi connectivity index (χ0) is 14.0. The number of likely N-dealkylation sites (N-methyl/N-ethyl adjacent to an activating group) is 2. The van der Waals surface area contributed by atoms with Crippen LogP contribution in [-0.4, -0.2) is 50.7 Å². The third kappa shape index (κ3) is 3.10. The lowest BCUT2D eigenvalue weighted by atomic mass is 10.0. The number of anilines is 1. The fourth-order valence-corrected chi connectivity index (χ4v) is 3.17. The zero-order valence-electron chi connectivity index (χ0n) is 12.9. The van der Waals surface area contributed by atoms with E-state index >= 15 is 0 Å². The van der Waals surface area contributed by atoms with Gasteiger partial charge < -0.3 is 15.1 Å².